The van der Waals surface area contributed by atoms with Gasteiger partial charge in [-0.05, 0) is 54.7 Å². The molecule has 1 unspecified atom stereocenters. The third-order valence-electron chi connectivity index (χ3n) is 7.57. The molecule has 2 fully saturated rings. The lowest BCUT2D eigenvalue weighted by Gasteiger charge is -2.22. The highest BCUT2D eigenvalue weighted by molar-refractivity contribution is 5.98. The third kappa shape index (κ3) is 7.16. The van der Waals surface area contributed by atoms with Gasteiger partial charge in [-0.1, -0.05) is 48.5 Å². The summed E-state index contributed by atoms with van der Waals surface area (Å²) in [4.78, 5) is 54.7. The minimum Gasteiger partial charge on any atom is -0.462 e. The molecule has 2 saturated heterocycles. The number of hydrogen-bond acceptors (Lipinski definition) is 5. The van der Waals surface area contributed by atoms with E-state index in [1.54, 1.807) is 24.3 Å². The number of Topliss-reactive ketones (excluding diaryl/α,β-unsaturated/α-hetero) is 1. The molecule has 0 radical (unpaired) electrons. The second-order valence-electron chi connectivity index (χ2n) is 10.5. The van der Waals surface area contributed by atoms with Crippen LogP contribution in [0, 0.1) is 17.7 Å². The molecule has 3 heterocycles. The van der Waals surface area contributed by atoms with Crippen molar-refractivity contribution in [2.45, 2.75) is 38.1 Å². The SMILES string of the molecule is O=C1OCCC1=C[C@H](C[C@@H]1CCNC1=O)NC(=O)C(CC(=O)c1ccc(-c2ccccc2)[nH]1)Cc1ccc(F)cc1. The Bertz CT molecular complexity index is 1450. The maximum absolute atomic E-state index is 13.7. The molecular weight excluding hydrogens is 525 g/mol. The summed E-state index contributed by atoms with van der Waals surface area (Å²) >= 11 is 0. The molecule has 0 aliphatic carbocycles. The van der Waals surface area contributed by atoms with E-state index in [9.17, 15) is 23.6 Å². The second kappa shape index (κ2) is 12.8. The van der Waals surface area contributed by atoms with Gasteiger partial charge in [0.15, 0.2) is 5.78 Å². The quantitative estimate of drug-likeness (QED) is 0.186. The van der Waals surface area contributed by atoms with Crippen molar-refractivity contribution in [2.24, 2.45) is 11.8 Å². The number of carbonyl (C=O) groups excluding carboxylic acids is 4. The van der Waals surface area contributed by atoms with E-state index < -0.39 is 23.7 Å². The largest absolute Gasteiger partial charge is 0.462 e. The van der Waals surface area contributed by atoms with Gasteiger partial charge in [-0.15, -0.1) is 0 Å². The van der Waals surface area contributed by atoms with Crippen molar-refractivity contribution in [1.29, 1.82) is 0 Å². The fraction of sp³-hybridized carbons (Fsp3) is 0.312. The molecule has 2 aliphatic heterocycles. The van der Waals surface area contributed by atoms with E-state index >= 15 is 0 Å². The number of aromatic amines is 1. The number of aromatic nitrogens is 1. The molecule has 3 atom stereocenters. The smallest absolute Gasteiger partial charge is 0.333 e. The number of rotatable bonds is 11. The predicted octanol–water partition coefficient (Wildman–Crippen LogP) is 4.14. The minimum atomic E-state index is -0.773. The Labute approximate surface area is 237 Å². The number of ketones is 1. The Morgan fingerprint density at radius 3 is 2.51 bits per heavy atom. The number of benzene rings is 2. The summed E-state index contributed by atoms with van der Waals surface area (Å²) in [5.41, 5.74) is 3.28. The van der Waals surface area contributed by atoms with Crippen LogP contribution in [-0.2, 0) is 25.5 Å². The highest BCUT2D eigenvalue weighted by atomic mass is 19.1. The Kier molecular flexibility index (Phi) is 8.72. The molecule has 9 heteroatoms. The number of cyclic esters (lactones) is 1. The molecule has 8 nitrogen and oxygen atoms in total. The van der Waals surface area contributed by atoms with Gasteiger partial charge in [0.25, 0.3) is 0 Å². The Morgan fingerprint density at radius 2 is 1.83 bits per heavy atom. The van der Waals surface area contributed by atoms with Crippen LogP contribution in [0.15, 0.2) is 78.4 Å². The van der Waals surface area contributed by atoms with Gasteiger partial charge in [0, 0.05) is 48.5 Å². The average molecular weight is 558 g/mol. The number of nitrogens with one attached hydrogen (secondary N) is 3. The molecule has 3 N–H and O–H groups in total. The van der Waals surface area contributed by atoms with E-state index in [0.29, 0.717) is 42.6 Å². The molecule has 212 valence electrons. The Morgan fingerprint density at radius 1 is 1.05 bits per heavy atom. The van der Waals surface area contributed by atoms with Crippen LogP contribution >= 0.6 is 0 Å². The molecule has 1 aromatic heterocycles. The zero-order chi connectivity index (χ0) is 28.8. The van der Waals surface area contributed by atoms with Crippen molar-refractivity contribution in [3.05, 3.63) is 95.5 Å². The van der Waals surface area contributed by atoms with Crippen molar-refractivity contribution in [1.82, 2.24) is 15.6 Å². The van der Waals surface area contributed by atoms with E-state index in [2.05, 4.69) is 15.6 Å². The zero-order valence-corrected chi connectivity index (χ0v) is 22.5. The third-order valence-corrected chi connectivity index (χ3v) is 7.57. The Hall–Kier alpha value is -4.53. The number of halogens is 1. The lowest BCUT2D eigenvalue weighted by Crippen LogP contribution is -2.41. The lowest BCUT2D eigenvalue weighted by molar-refractivity contribution is -0.135. The first-order valence-electron chi connectivity index (χ1n) is 13.8. The normalized spacial score (nSPS) is 19.0. The fourth-order valence-electron chi connectivity index (χ4n) is 5.33. The minimum absolute atomic E-state index is 0.0874. The Balaban J connectivity index is 1.36. The van der Waals surface area contributed by atoms with Gasteiger partial charge in [0.2, 0.25) is 11.8 Å². The lowest BCUT2D eigenvalue weighted by atomic mass is 9.91. The molecule has 2 amide bonds. The maximum atomic E-state index is 13.7. The van der Waals surface area contributed by atoms with Crippen LogP contribution in [0.4, 0.5) is 4.39 Å². The molecule has 3 aromatic rings. The molecule has 2 aliphatic rings. The van der Waals surface area contributed by atoms with Crippen LogP contribution in [0.5, 0.6) is 0 Å². The summed E-state index contributed by atoms with van der Waals surface area (Å²) in [7, 11) is 0. The molecule has 41 heavy (non-hydrogen) atoms. The van der Waals surface area contributed by atoms with Gasteiger partial charge in [0.05, 0.1) is 12.3 Å². The molecule has 0 spiro atoms. The van der Waals surface area contributed by atoms with Crippen LogP contribution in [0.1, 0.15) is 41.7 Å². The van der Waals surface area contributed by atoms with Gasteiger partial charge in [-0.25, -0.2) is 9.18 Å². The van der Waals surface area contributed by atoms with Crippen LogP contribution in [0.3, 0.4) is 0 Å². The van der Waals surface area contributed by atoms with Gasteiger partial charge in [-0.2, -0.15) is 0 Å². The molecule has 0 bridgehead atoms. The summed E-state index contributed by atoms with van der Waals surface area (Å²) in [5.74, 6) is -2.61. The van der Waals surface area contributed by atoms with Crippen molar-refractivity contribution in [2.75, 3.05) is 13.2 Å². The number of carbonyl (C=O) groups is 4. The number of hydrogen-bond donors (Lipinski definition) is 3. The second-order valence-corrected chi connectivity index (χ2v) is 10.5. The number of amides is 2. The van der Waals surface area contributed by atoms with Crippen LogP contribution in [0.2, 0.25) is 0 Å². The standard InChI is InChI=1S/C32H32FN3O5/c33-25-8-6-20(7-9-25)16-24(19-29(37)28-11-10-27(36-28)21-4-2-1-3-5-21)31(39)35-26(17-22-12-14-34-30(22)38)18-23-13-15-41-32(23)40/h1-11,18,22,24,26,36H,12-17,19H2,(H,34,38)(H,35,39)/t22-,24?,26-/m0/s1. The summed E-state index contributed by atoms with van der Waals surface area (Å²) in [5, 5.41) is 5.80. The first-order valence-corrected chi connectivity index (χ1v) is 13.8. The summed E-state index contributed by atoms with van der Waals surface area (Å²) in [6.45, 7) is 0.837. The van der Waals surface area contributed by atoms with Gasteiger partial charge < -0.3 is 20.4 Å². The molecule has 0 saturated carbocycles. The predicted molar refractivity (Wildman–Crippen MR) is 150 cm³/mol. The maximum Gasteiger partial charge on any atom is 0.333 e. The van der Waals surface area contributed by atoms with Crippen molar-refractivity contribution >= 4 is 23.6 Å². The number of ether oxygens (including phenoxy) is 1. The first kappa shape index (κ1) is 28.0. The summed E-state index contributed by atoms with van der Waals surface area (Å²) < 4.78 is 18.6. The summed E-state index contributed by atoms with van der Waals surface area (Å²) in [6, 6.07) is 18.4. The highest BCUT2D eigenvalue weighted by Crippen LogP contribution is 2.24. The molecular formula is C32H32FN3O5. The van der Waals surface area contributed by atoms with Crippen LogP contribution in [-0.4, -0.2) is 47.7 Å². The van der Waals surface area contributed by atoms with Crippen molar-refractivity contribution in [3.8, 4) is 11.3 Å². The van der Waals surface area contributed by atoms with Crippen molar-refractivity contribution in [3.63, 3.8) is 0 Å². The van der Waals surface area contributed by atoms with Gasteiger partial charge in [-0.3, -0.25) is 14.4 Å². The molecule has 5 rings (SSSR count). The van der Waals surface area contributed by atoms with E-state index in [0.717, 1.165) is 11.3 Å². The first-order chi connectivity index (χ1) is 19.9. The monoisotopic (exact) mass is 557 g/mol. The topological polar surface area (TPSA) is 117 Å². The van der Waals surface area contributed by atoms with E-state index in [4.69, 9.17) is 4.74 Å². The van der Waals surface area contributed by atoms with E-state index in [-0.39, 0.29) is 43.0 Å². The van der Waals surface area contributed by atoms with Crippen LogP contribution < -0.4 is 10.6 Å². The zero-order valence-electron chi connectivity index (χ0n) is 22.5. The van der Waals surface area contributed by atoms with Gasteiger partial charge >= 0.3 is 5.97 Å². The van der Waals surface area contributed by atoms with Crippen LogP contribution in [0.25, 0.3) is 11.3 Å². The number of H-pyrrole nitrogens is 1. The fourth-order valence-corrected chi connectivity index (χ4v) is 5.33. The van der Waals surface area contributed by atoms with Gasteiger partial charge in [0.1, 0.15) is 5.82 Å². The highest BCUT2D eigenvalue weighted by Gasteiger charge is 2.31. The van der Waals surface area contributed by atoms with E-state index in [1.165, 1.54) is 12.1 Å². The average Bonchev–Trinajstić information content (AvgIpc) is 3.72. The van der Waals surface area contributed by atoms with E-state index in [1.807, 2.05) is 36.4 Å². The number of esters is 1. The molecule has 2 aromatic carbocycles. The summed E-state index contributed by atoms with van der Waals surface area (Å²) in [6.07, 6.45) is 3.17. The van der Waals surface area contributed by atoms with Crippen molar-refractivity contribution < 1.29 is 28.3 Å².